The van der Waals surface area contributed by atoms with E-state index in [1.165, 1.54) is 7.11 Å². The van der Waals surface area contributed by atoms with Gasteiger partial charge in [0.15, 0.2) is 0 Å². The smallest absolute Gasteiger partial charge is 0.315 e. The molecular weight excluding hydrogens is 287 g/mol. The summed E-state index contributed by atoms with van der Waals surface area (Å²) in [6.45, 7) is 6.02. The fraction of sp³-hybridized carbons (Fsp3) is 0.462. The molecule has 0 spiro atoms. The predicted molar refractivity (Wildman–Crippen MR) is 78.1 cm³/mol. The SMILES string of the molecule is COc1cc(Cl)c(CNC(=O)NC(C)(C)C)cc1Cl. The van der Waals surface area contributed by atoms with Gasteiger partial charge in [0.05, 0.1) is 12.1 Å². The lowest BCUT2D eigenvalue weighted by Gasteiger charge is -2.21. The third-order valence-corrected chi connectivity index (χ3v) is 2.90. The fourth-order valence-electron chi connectivity index (χ4n) is 1.42. The Morgan fingerprint density at radius 1 is 1.26 bits per heavy atom. The number of carbonyl (C=O) groups excluding carboxylic acids is 1. The van der Waals surface area contributed by atoms with Crippen molar-refractivity contribution < 1.29 is 9.53 Å². The van der Waals surface area contributed by atoms with E-state index in [0.29, 0.717) is 22.3 Å². The number of urea groups is 1. The lowest BCUT2D eigenvalue weighted by atomic mass is 10.1. The maximum atomic E-state index is 11.6. The zero-order valence-electron chi connectivity index (χ0n) is 11.4. The highest BCUT2D eigenvalue weighted by Crippen LogP contribution is 2.30. The Balaban J connectivity index is 2.68. The molecule has 1 aromatic carbocycles. The van der Waals surface area contributed by atoms with Gasteiger partial charge in [0.2, 0.25) is 0 Å². The van der Waals surface area contributed by atoms with E-state index >= 15 is 0 Å². The summed E-state index contributed by atoms with van der Waals surface area (Å²) in [7, 11) is 1.52. The molecule has 0 aliphatic carbocycles. The highest BCUT2D eigenvalue weighted by Gasteiger charge is 2.14. The molecule has 4 nitrogen and oxygen atoms in total. The number of rotatable bonds is 3. The average molecular weight is 305 g/mol. The van der Waals surface area contributed by atoms with Crippen molar-refractivity contribution in [1.82, 2.24) is 10.6 Å². The fourth-order valence-corrected chi connectivity index (χ4v) is 1.91. The van der Waals surface area contributed by atoms with E-state index in [2.05, 4.69) is 10.6 Å². The van der Waals surface area contributed by atoms with E-state index in [1.807, 2.05) is 20.8 Å². The standard InChI is InChI=1S/C13H18Cl2N2O2/c1-13(2,3)17-12(18)16-7-8-5-10(15)11(19-4)6-9(8)14/h5-6H,7H2,1-4H3,(H2,16,17,18). The highest BCUT2D eigenvalue weighted by atomic mass is 35.5. The number of halogens is 2. The van der Waals surface area contributed by atoms with E-state index in [0.717, 1.165) is 5.56 Å². The van der Waals surface area contributed by atoms with Crippen LogP contribution >= 0.6 is 23.2 Å². The van der Waals surface area contributed by atoms with Crippen LogP contribution in [0, 0.1) is 0 Å². The van der Waals surface area contributed by atoms with Crippen molar-refractivity contribution in [2.24, 2.45) is 0 Å². The molecule has 0 radical (unpaired) electrons. The summed E-state index contributed by atoms with van der Waals surface area (Å²) in [6, 6.07) is 3.05. The van der Waals surface area contributed by atoms with Gasteiger partial charge in [0.1, 0.15) is 5.75 Å². The molecule has 0 saturated heterocycles. The molecule has 2 N–H and O–H groups in total. The molecule has 0 aromatic heterocycles. The van der Waals surface area contributed by atoms with E-state index in [1.54, 1.807) is 12.1 Å². The van der Waals surface area contributed by atoms with Crippen LogP contribution in [0.25, 0.3) is 0 Å². The summed E-state index contributed by atoms with van der Waals surface area (Å²) in [5.74, 6) is 0.509. The third kappa shape index (κ3) is 5.17. The Morgan fingerprint density at radius 2 is 1.89 bits per heavy atom. The Bertz CT molecular complexity index is 470. The quantitative estimate of drug-likeness (QED) is 0.896. The predicted octanol–water partition coefficient (Wildman–Crippen LogP) is 3.60. The molecule has 19 heavy (non-hydrogen) atoms. The molecule has 1 rings (SSSR count). The average Bonchev–Trinajstić information content (AvgIpc) is 2.27. The van der Waals surface area contributed by atoms with Crippen LogP contribution in [0.3, 0.4) is 0 Å². The lowest BCUT2D eigenvalue weighted by Crippen LogP contribution is -2.46. The van der Waals surface area contributed by atoms with Gasteiger partial charge >= 0.3 is 6.03 Å². The van der Waals surface area contributed by atoms with Gasteiger partial charge < -0.3 is 15.4 Å². The minimum absolute atomic E-state index is 0.254. The van der Waals surface area contributed by atoms with Gasteiger partial charge in [-0.2, -0.15) is 0 Å². The van der Waals surface area contributed by atoms with Crippen LogP contribution in [-0.2, 0) is 6.54 Å². The molecule has 0 saturated carbocycles. The first-order valence-corrected chi connectivity index (χ1v) is 6.56. The van der Waals surface area contributed by atoms with Crippen LogP contribution in [0.15, 0.2) is 12.1 Å². The second-order valence-electron chi connectivity index (χ2n) is 5.14. The monoisotopic (exact) mass is 304 g/mol. The Morgan fingerprint density at radius 3 is 2.42 bits per heavy atom. The van der Waals surface area contributed by atoms with E-state index < -0.39 is 0 Å². The van der Waals surface area contributed by atoms with E-state index in [-0.39, 0.29) is 11.6 Å². The maximum absolute atomic E-state index is 11.6. The summed E-state index contributed by atoms with van der Waals surface area (Å²) in [4.78, 5) is 11.6. The number of methoxy groups -OCH3 is 1. The van der Waals surface area contributed by atoms with Gasteiger partial charge in [-0.1, -0.05) is 23.2 Å². The molecule has 0 unspecified atom stereocenters. The number of hydrogen-bond donors (Lipinski definition) is 2. The number of hydrogen-bond acceptors (Lipinski definition) is 2. The third-order valence-electron chi connectivity index (χ3n) is 2.25. The number of amides is 2. The van der Waals surface area contributed by atoms with Crippen molar-refractivity contribution in [3.05, 3.63) is 27.7 Å². The Hall–Kier alpha value is -1.13. The molecule has 1 aromatic rings. The molecule has 0 fully saturated rings. The summed E-state index contributed by atoms with van der Waals surface area (Å²) in [5, 5.41) is 6.48. The van der Waals surface area contributed by atoms with Gasteiger partial charge in [-0.25, -0.2) is 4.79 Å². The number of benzene rings is 1. The van der Waals surface area contributed by atoms with Crippen LogP contribution in [0.5, 0.6) is 5.75 Å². The first-order valence-electron chi connectivity index (χ1n) is 5.81. The van der Waals surface area contributed by atoms with Crippen molar-refractivity contribution in [3.63, 3.8) is 0 Å². The lowest BCUT2D eigenvalue weighted by molar-refractivity contribution is 0.231. The molecule has 0 atom stereocenters. The normalized spacial score (nSPS) is 11.1. The summed E-state index contributed by atoms with van der Waals surface area (Å²) >= 11 is 12.1. The largest absolute Gasteiger partial charge is 0.495 e. The second kappa shape index (κ2) is 6.35. The highest BCUT2D eigenvalue weighted by molar-refractivity contribution is 6.34. The van der Waals surface area contributed by atoms with Crippen molar-refractivity contribution in [2.45, 2.75) is 32.9 Å². The van der Waals surface area contributed by atoms with Gasteiger partial charge in [-0.05, 0) is 32.4 Å². The minimum atomic E-state index is -0.286. The Kier molecular flexibility index (Phi) is 5.32. The topological polar surface area (TPSA) is 50.4 Å². The van der Waals surface area contributed by atoms with Crippen molar-refractivity contribution in [2.75, 3.05) is 7.11 Å². The van der Waals surface area contributed by atoms with Crippen LogP contribution < -0.4 is 15.4 Å². The van der Waals surface area contributed by atoms with Crippen LogP contribution in [-0.4, -0.2) is 18.7 Å². The number of carbonyl (C=O) groups is 1. The number of nitrogens with one attached hydrogen (secondary N) is 2. The van der Waals surface area contributed by atoms with Crippen molar-refractivity contribution >= 4 is 29.2 Å². The molecule has 0 bridgehead atoms. The molecule has 0 aliphatic heterocycles. The Labute approximate surface area is 123 Å². The molecular formula is C13H18Cl2N2O2. The van der Waals surface area contributed by atoms with Gasteiger partial charge in [-0.3, -0.25) is 0 Å². The van der Waals surface area contributed by atoms with Gasteiger partial charge in [0.25, 0.3) is 0 Å². The molecule has 106 valence electrons. The minimum Gasteiger partial charge on any atom is -0.495 e. The molecule has 6 heteroatoms. The summed E-state index contributed by atoms with van der Waals surface area (Å²) in [6.07, 6.45) is 0. The van der Waals surface area contributed by atoms with Crippen molar-refractivity contribution in [3.8, 4) is 5.75 Å². The van der Waals surface area contributed by atoms with Gasteiger partial charge in [0, 0.05) is 23.2 Å². The molecule has 2 amide bonds. The number of ether oxygens (including phenoxy) is 1. The van der Waals surface area contributed by atoms with Crippen LogP contribution in [0.1, 0.15) is 26.3 Å². The van der Waals surface area contributed by atoms with Crippen LogP contribution in [0.4, 0.5) is 4.79 Å². The van der Waals surface area contributed by atoms with E-state index in [4.69, 9.17) is 27.9 Å². The molecule has 0 heterocycles. The zero-order valence-corrected chi connectivity index (χ0v) is 12.9. The maximum Gasteiger partial charge on any atom is 0.315 e. The summed E-state index contributed by atoms with van der Waals surface area (Å²) < 4.78 is 5.06. The zero-order chi connectivity index (χ0) is 14.6. The second-order valence-corrected chi connectivity index (χ2v) is 5.95. The van der Waals surface area contributed by atoms with Crippen molar-refractivity contribution in [1.29, 1.82) is 0 Å². The van der Waals surface area contributed by atoms with Gasteiger partial charge in [-0.15, -0.1) is 0 Å². The first kappa shape index (κ1) is 15.9. The summed E-state index contributed by atoms with van der Waals surface area (Å²) in [5.41, 5.74) is 0.447. The van der Waals surface area contributed by atoms with E-state index in [9.17, 15) is 4.79 Å². The van der Waals surface area contributed by atoms with Crippen LogP contribution in [0.2, 0.25) is 10.0 Å². The first-order chi connectivity index (χ1) is 8.73. The molecule has 0 aliphatic rings.